The van der Waals surface area contributed by atoms with Crippen molar-refractivity contribution in [3.8, 4) is 0 Å². The van der Waals surface area contributed by atoms with Gasteiger partial charge in [-0.15, -0.1) is 11.8 Å². The molecule has 0 aromatic heterocycles. The maximum Gasteiger partial charge on any atom is 0.106 e. The third-order valence-electron chi connectivity index (χ3n) is 5.25. The Hall–Kier alpha value is 0.270. The lowest BCUT2D eigenvalue weighted by Crippen LogP contribution is -2.46. The Morgan fingerprint density at radius 3 is 2.78 bits per heavy atom. The van der Waals surface area contributed by atoms with Gasteiger partial charge < -0.3 is 5.73 Å². The van der Waals surface area contributed by atoms with Crippen LogP contribution in [0.3, 0.4) is 0 Å². The summed E-state index contributed by atoms with van der Waals surface area (Å²) >= 11 is 2.05. The summed E-state index contributed by atoms with van der Waals surface area (Å²) < 4.78 is 0. The van der Waals surface area contributed by atoms with Gasteiger partial charge in [-0.25, -0.2) is 0 Å². The summed E-state index contributed by atoms with van der Waals surface area (Å²) in [6, 6.07) is 0.802. The van der Waals surface area contributed by atoms with E-state index in [2.05, 4.69) is 23.6 Å². The monoisotopic (exact) mass is 268 g/mol. The largest absolute Gasteiger partial charge is 0.307 e. The first-order chi connectivity index (χ1) is 8.74. The Morgan fingerprint density at radius 1 is 1.11 bits per heavy atom. The molecule has 0 spiro atoms. The van der Waals surface area contributed by atoms with Crippen molar-refractivity contribution in [2.24, 2.45) is 17.6 Å². The zero-order valence-corrected chi connectivity index (χ0v) is 12.5. The number of hydrogen-bond acceptors (Lipinski definition) is 3. The Labute approximate surface area is 116 Å². The van der Waals surface area contributed by atoms with E-state index in [0.717, 1.165) is 23.1 Å². The van der Waals surface area contributed by atoms with Gasteiger partial charge in [0.05, 0.1) is 0 Å². The number of hydrogen-bond donors (Lipinski definition) is 1. The van der Waals surface area contributed by atoms with Gasteiger partial charge in [0.15, 0.2) is 0 Å². The SMILES string of the molecule is CC1CCCC(CN2C(N)SC3CCCCC32)C1. The second-order valence-corrected chi connectivity index (χ2v) is 8.11. The number of rotatable bonds is 2. The van der Waals surface area contributed by atoms with Crippen LogP contribution in [-0.2, 0) is 0 Å². The van der Waals surface area contributed by atoms with Crippen molar-refractivity contribution in [1.29, 1.82) is 0 Å². The van der Waals surface area contributed by atoms with Crippen molar-refractivity contribution in [3.63, 3.8) is 0 Å². The molecule has 5 unspecified atom stereocenters. The highest BCUT2D eigenvalue weighted by Crippen LogP contribution is 2.42. The first kappa shape index (κ1) is 13.3. The van der Waals surface area contributed by atoms with E-state index in [1.807, 2.05) is 0 Å². The predicted molar refractivity (Wildman–Crippen MR) is 79.4 cm³/mol. The van der Waals surface area contributed by atoms with Gasteiger partial charge in [-0.3, -0.25) is 4.90 Å². The van der Waals surface area contributed by atoms with E-state index < -0.39 is 0 Å². The molecule has 104 valence electrons. The molecule has 2 N–H and O–H groups in total. The Kier molecular flexibility index (Phi) is 4.21. The quantitative estimate of drug-likeness (QED) is 0.832. The lowest BCUT2D eigenvalue weighted by molar-refractivity contribution is 0.122. The van der Waals surface area contributed by atoms with Crippen molar-refractivity contribution in [2.45, 2.75) is 75.1 Å². The number of nitrogens with zero attached hydrogens (tertiary/aromatic N) is 1. The molecule has 18 heavy (non-hydrogen) atoms. The molecule has 0 aromatic rings. The van der Waals surface area contributed by atoms with E-state index in [-0.39, 0.29) is 5.50 Å². The average molecular weight is 268 g/mol. The van der Waals surface area contributed by atoms with Crippen LogP contribution in [0.15, 0.2) is 0 Å². The van der Waals surface area contributed by atoms with Gasteiger partial charge in [0.25, 0.3) is 0 Å². The summed E-state index contributed by atoms with van der Waals surface area (Å²) in [6.45, 7) is 3.70. The molecule has 3 heteroatoms. The van der Waals surface area contributed by atoms with Gasteiger partial charge in [0.1, 0.15) is 5.50 Å². The van der Waals surface area contributed by atoms with Crippen molar-refractivity contribution in [2.75, 3.05) is 6.54 Å². The number of thioether (sulfide) groups is 1. The lowest BCUT2D eigenvalue weighted by atomic mass is 9.81. The summed E-state index contributed by atoms with van der Waals surface area (Å²) in [5, 5.41) is 0.842. The minimum atomic E-state index is 0.287. The number of nitrogens with two attached hydrogens (primary N) is 1. The molecule has 1 aliphatic heterocycles. The standard InChI is InChI=1S/C15H28N2S/c1-11-5-4-6-12(9-11)10-17-13-7-2-3-8-14(13)18-15(17)16/h11-15H,2-10,16H2,1H3. The van der Waals surface area contributed by atoms with Gasteiger partial charge in [0, 0.05) is 17.8 Å². The van der Waals surface area contributed by atoms with Gasteiger partial charge in [0.2, 0.25) is 0 Å². The molecule has 5 atom stereocenters. The Bertz CT molecular complexity index is 284. The summed E-state index contributed by atoms with van der Waals surface area (Å²) in [7, 11) is 0. The molecule has 1 heterocycles. The second-order valence-electron chi connectivity index (χ2n) is 6.75. The maximum absolute atomic E-state index is 6.38. The minimum Gasteiger partial charge on any atom is -0.307 e. The molecule has 2 aliphatic carbocycles. The molecular formula is C15H28N2S. The van der Waals surface area contributed by atoms with Crippen LogP contribution in [0.25, 0.3) is 0 Å². The Morgan fingerprint density at radius 2 is 1.94 bits per heavy atom. The molecule has 1 saturated heterocycles. The van der Waals surface area contributed by atoms with Crippen LogP contribution in [0.5, 0.6) is 0 Å². The van der Waals surface area contributed by atoms with Crippen LogP contribution in [0.1, 0.15) is 58.3 Å². The maximum atomic E-state index is 6.38. The van der Waals surface area contributed by atoms with Crippen LogP contribution >= 0.6 is 11.8 Å². The molecule has 3 rings (SSSR count). The zero-order chi connectivity index (χ0) is 12.5. The smallest absolute Gasteiger partial charge is 0.106 e. The van der Waals surface area contributed by atoms with Crippen LogP contribution < -0.4 is 5.73 Å². The van der Waals surface area contributed by atoms with E-state index in [1.165, 1.54) is 57.9 Å². The van der Waals surface area contributed by atoms with Crippen LogP contribution in [0.4, 0.5) is 0 Å². The van der Waals surface area contributed by atoms with Gasteiger partial charge in [-0.05, 0) is 37.5 Å². The third kappa shape index (κ3) is 2.73. The van der Waals surface area contributed by atoms with Crippen molar-refractivity contribution in [3.05, 3.63) is 0 Å². The van der Waals surface area contributed by atoms with E-state index >= 15 is 0 Å². The fourth-order valence-electron chi connectivity index (χ4n) is 4.32. The summed E-state index contributed by atoms with van der Waals surface area (Å²) in [5.41, 5.74) is 6.67. The molecule has 2 nitrogen and oxygen atoms in total. The summed E-state index contributed by atoms with van der Waals surface area (Å²) in [5.74, 6) is 1.86. The molecule has 3 aliphatic rings. The van der Waals surface area contributed by atoms with E-state index in [1.54, 1.807) is 0 Å². The van der Waals surface area contributed by atoms with E-state index in [9.17, 15) is 0 Å². The Balaban J connectivity index is 1.60. The van der Waals surface area contributed by atoms with Crippen LogP contribution in [0, 0.1) is 11.8 Å². The molecule has 0 amide bonds. The topological polar surface area (TPSA) is 29.3 Å². The highest BCUT2D eigenvalue weighted by Gasteiger charge is 2.41. The number of fused-ring (bicyclic) bond motifs is 1. The first-order valence-corrected chi connectivity index (χ1v) is 8.85. The highest BCUT2D eigenvalue weighted by atomic mass is 32.2. The lowest BCUT2D eigenvalue weighted by Gasteiger charge is -2.36. The normalized spacial score (nSPS) is 46.0. The van der Waals surface area contributed by atoms with E-state index in [4.69, 9.17) is 5.73 Å². The van der Waals surface area contributed by atoms with Crippen LogP contribution in [-0.4, -0.2) is 28.2 Å². The fourth-order valence-corrected chi connectivity index (χ4v) is 5.86. The highest BCUT2D eigenvalue weighted by molar-refractivity contribution is 8.00. The van der Waals surface area contributed by atoms with Crippen molar-refractivity contribution >= 4 is 11.8 Å². The van der Waals surface area contributed by atoms with Crippen molar-refractivity contribution in [1.82, 2.24) is 4.90 Å². The summed E-state index contributed by atoms with van der Waals surface area (Å²) in [6.07, 6.45) is 11.4. The molecule has 0 bridgehead atoms. The first-order valence-electron chi connectivity index (χ1n) is 7.91. The molecule has 2 saturated carbocycles. The molecule has 0 aromatic carbocycles. The van der Waals surface area contributed by atoms with Crippen LogP contribution in [0.2, 0.25) is 0 Å². The molecule has 0 radical (unpaired) electrons. The molecular weight excluding hydrogens is 240 g/mol. The predicted octanol–water partition coefficient (Wildman–Crippen LogP) is 3.42. The molecule has 3 fully saturated rings. The van der Waals surface area contributed by atoms with Gasteiger partial charge >= 0.3 is 0 Å². The van der Waals surface area contributed by atoms with Gasteiger partial charge in [-0.1, -0.05) is 32.6 Å². The second kappa shape index (κ2) is 5.72. The fraction of sp³-hybridized carbons (Fsp3) is 1.00. The van der Waals surface area contributed by atoms with Crippen molar-refractivity contribution < 1.29 is 0 Å². The average Bonchev–Trinajstić information content (AvgIpc) is 2.66. The van der Waals surface area contributed by atoms with E-state index in [0.29, 0.717) is 0 Å². The van der Waals surface area contributed by atoms with Gasteiger partial charge in [-0.2, -0.15) is 0 Å². The minimum absolute atomic E-state index is 0.287. The zero-order valence-electron chi connectivity index (χ0n) is 11.7. The third-order valence-corrected chi connectivity index (χ3v) is 6.70. The summed E-state index contributed by atoms with van der Waals surface area (Å²) in [4.78, 5) is 2.66.